The number of ether oxygens (including phenoxy) is 1. The van der Waals surface area contributed by atoms with Crippen molar-refractivity contribution >= 4 is 11.3 Å². The van der Waals surface area contributed by atoms with E-state index in [2.05, 4.69) is 39.9 Å². The van der Waals surface area contributed by atoms with E-state index in [4.69, 9.17) is 9.72 Å². The van der Waals surface area contributed by atoms with Gasteiger partial charge in [-0.25, -0.2) is 4.98 Å². The second kappa shape index (κ2) is 4.91. The topological polar surface area (TPSA) is 34.2 Å². The summed E-state index contributed by atoms with van der Waals surface area (Å²) in [5, 5.41) is 4.91. The Morgan fingerprint density at radius 1 is 1.39 bits per heavy atom. The lowest BCUT2D eigenvalue weighted by Gasteiger charge is -2.44. The summed E-state index contributed by atoms with van der Waals surface area (Å²) < 4.78 is 5.86. The Hall–Kier alpha value is -0.450. The van der Waals surface area contributed by atoms with Gasteiger partial charge in [-0.3, -0.25) is 0 Å². The molecule has 102 valence electrons. The first kappa shape index (κ1) is 14.0. The SMILES string of the molecule is CCNC1(c2nc(C)c(C)s2)CCOC(C)(C)C1. The minimum Gasteiger partial charge on any atom is -0.375 e. The summed E-state index contributed by atoms with van der Waals surface area (Å²) in [5.41, 5.74) is 1.09. The van der Waals surface area contributed by atoms with Crippen molar-refractivity contribution in [1.29, 1.82) is 0 Å². The summed E-state index contributed by atoms with van der Waals surface area (Å²) in [6, 6.07) is 0. The molecule has 0 saturated carbocycles. The molecule has 1 aliphatic heterocycles. The van der Waals surface area contributed by atoms with E-state index >= 15 is 0 Å². The van der Waals surface area contributed by atoms with Crippen molar-refractivity contribution in [3.63, 3.8) is 0 Å². The normalized spacial score (nSPS) is 27.4. The molecule has 1 atom stereocenters. The molecule has 1 fully saturated rings. The van der Waals surface area contributed by atoms with Crippen molar-refractivity contribution in [2.24, 2.45) is 0 Å². The van der Waals surface area contributed by atoms with Crippen molar-refractivity contribution in [3.8, 4) is 0 Å². The van der Waals surface area contributed by atoms with E-state index < -0.39 is 0 Å². The second-order valence-corrected chi connectivity index (χ2v) is 7.01. The van der Waals surface area contributed by atoms with Crippen molar-refractivity contribution < 1.29 is 4.74 Å². The number of thiazole rings is 1. The fraction of sp³-hybridized carbons (Fsp3) is 0.786. The smallest absolute Gasteiger partial charge is 0.113 e. The Morgan fingerprint density at radius 3 is 2.61 bits per heavy atom. The summed E-state index contributed by atoms with van der Waals surface area (Å²) >= 11 is 1.83. The number of aryl methyl sites for hydroxylation is 2. The van der Waals surface area contributed by atoms with Gasteiger partial charge in [0.15, 0.2) is 0 Å². The number of hydrogen-bond donors (Lipinski definition) is 1. The molecule has 18 heavy (non-hydrogen) atoms. The lowest BCUT2D eigenvalue weighted by molar-refractivity contribution is -0.0895. The minimum atomic E-state index is -0.0755. The summed E-state index contributed by atoms with van der Waals surface area (Å²) in [7, 11) is 0. The predicted molar refractivity (Wildman–Crippen MR) is 76.2 cm³/mol. The first-order valence-corrected chi connectivity index (χ1v) is 7.54. The Labute approximate surface area is 114 Å². The van der Waals surface area contributed by atoms with Gasteiger partial charge >= 0.3 is 0 Å². The molecule has 1 unspecified atom stereocenters. The molecule has 0 spiro atoms. The average molecular weight is 268 g/mol. The number of nitrogens with one attached hydrogen (secondary N) is 1. The molecular weight excluding hydrogens is 244 g/mol. The van der Waals surface area contributed by atoms with Crippen LogP contribution in [0.1, 0.15) is 49.2 Å². The van der Waals surface area contributed by atoms with Crippen LogP contribution in [0.25, 0.3) is 0 Å². The zero-order valence-corrected chi connectivity index (χ0v) is 12.9. The summed E-state index contributed by atoms with van der Waals surface area (Å²) in [6.45, 7) is 12.5. The maximum atomic E-state index is 5.86. The van der Waals surface area contributed by atoms with Crippen molar-refractivity contribution in [2.45, 2.75) is 58.6 Å². The maximum absolute atomic E-state index is 5.86. The molecule has 1 aliphatic rings. The van der Waals surface area contributed by atoms with E-state index in [0.29, 0.717) is 0 Å². The van der Waals surface area contributed by atoms with Gasteiger partial charge in [0.25, 0.3) is 0 Å². The van der Waals surface area contributed by atoms with Gasteiger partial charge in [-0.05, 0) is 40.7 Å². The molecule has 1 aromatic heterocycles. The van der Waals surface area contributed by atoms with Crippen molar-refractivity contribution in [2.75, 3.05) is 13.2 Å². The molecule has 3 nitrogen and oxygen atoms in total. The Balaban J connectivity index is 2.37. The highest BCUT2D eigenvalue weighted by Gasteiger charge is 2.43. The van der Waals surface area contributed by atoms with Gasteiger partial charge in [-0.15, -0.1) is 11.3 Å². The van der Waals surface area contributed by atoms with Crippen LogP contribution in [0.5, 0.6) is 0 Å². The molecule has 0 radical (unpaired) electrons. The lowest BCUT2D eigenvalue weighted by atomic mass is 9.81. The number of aromatic nitrogens is 1. The zero-order chi connectivity index (χ0) is 13.4. The molecule has 2 rings (SSSR count). The third-order valence-corrected chi connectivity index (χ3v) is 4.98. The third-order valence-electron chi connectivity index (χ3n) is 3.70. The maximum Gasteiger partial charge on any atom is 0.113 e. The fourth-order valence-electron chi connectivity index (χ4n) is 2.79. The molecule has 0 bridgehead atoms. The zero-order valence-electron chi connectivity index (χ0n) is 12.1. The predicted octanol–water partition coefficient (Wildman–Crippen LogP) is 3.15. The monoisotopic (exact) mass is 268 g/mol. The molecule has 1 N–H and O–H groups in total. The van der Waals surface area contributed by atoms with Crippen LogP contribution in [0.4, 0.5) is 0 Å². The second-order valence-electron chi connectivity index (χ2n) is 5.81. The van der Waals surface area contributed by atoms with E-state index in [0.717, 1.165) is 31.7 Å². The molecule has 1 aromatic rings. The van der Waals surface area contributed by atoms with E-state index in [9.17, 15) is 0 Å². The molecule has 0 aliphatic carbocycles. The Morgan fingerprint density at radius 2 is 2.11 bits per heavy atom. The highest BCUT2D eigenvalue weighted by atomic mass is 32.1. The fourth-order valence-corrected chi connectivity index (χ4v) is 3.90. The van der Waals surface area contributed by atoms with Crippen LogP contribution in [0.2, 0.25) is 0 Å². The van der Waals surface area contributed by atoms with Gasteiger partial charge in [0.1, 0.15) is 5.01 Å². The highest BCUT2D eigenvalue weighted by molar-refractivity contribution is 7.11. The van der Waals surface area contributed by atoms with Gasteiger partial charge in [0.2, 0.25) is 0 Å². The molecule has 1 saturated heterocycles. The molecule has 2 heterocycles. The first-order chi connectivity index (χ1) is 8.38. The van der Waals surface area contributed by atoms with Crippen LogP contribution in [0, 0.1) is 13.8 Å². The van der Waals surface area contributed by atoms with Crippen LogP contribution in [-0.2, 0) is 10.3 Å². The molecule has 0 aromatic carbocycles. The third kappa shape index (κ3) is 2.60. The number of nitrogens with zero attached hydrogens (tertiary/aromatic N) is 1. The highest BCUT2D eigenvalue weighted by Crippen LogP contribution is 2.41. The largest absolute Gasteiger partial charge is 0.375 e. The van der Waals surface area contributed by atoms with Gasteiger partial charge in [-0.1, -0.05) is 6.92 Å². The van der Waals surface area contributed by atoms with Gasteiger partial charge < -0.3 is 10.1 Å². The molecular formula is C14H24N2OS. The van der Waals surface area contributed by atoms with Gasteiger partial charge in [-0.2, -0.15) is 0 Å². The van der Waals surface area contributed by atoms with Crippen LogP contribution in [0.3, 0.4) is 0 Å². The average Bonchev–Trinajstić information content (AvgIpc) is 2.59. The number of rotatable bonds is 3. The Kier molecular flexibility index (Phi) is 3.81. The van der Waals surface area contributed by atoms with Crippen molar-refractivity contribution in [1.82, 2.24) is 10.3 Å². The van der Waals surface area contributed by atoms with Crippen LogP contribution < -0.4 is 5.32 Å². The number of hydrogen-bond acceptors (Lipinski definition) is 4. The van der Waals surface area contributed by atoms with Gasteiger partial charge in [0, 0.05) is 17.9 Å². The van der Waals surface area contributed by atoms with Crippen LogP contribution >= 0.6 is 11.3 Å². The van der Waals surface area contributed by atoms with Gasteiger partial charge in [0.05, 0.1) is 16.8 Å². The van der Waals surface area contributed by atoms with Crippen LogP contribution in [0.15, 0.2) is 0 Å². The summed E-state index contributed by atoms with van der Waals surface area (Å²) in [4.78, 5) is 6.12. The van der Waals surface area contributed by atoms with E-state index in [1.807, 2.05) is 11.3 Å². The van der Waals surface area contributed by atoms with Crippen molar-refractivity contribution in [3.05, 3.63) is 15.6 Å². The standard InChI is InChI=1S/C14H24N2OS/c1-6-15-14(7-8-17-13(4,5)9-14)12-16-10(2)11(3)18-12/h15H,6-9H2,1-5H3. The summed E-state index contributed by atoms with van der Waals surface area (Å²) in [5.74, 6) is 0. The first-order valence-electron chi connectivity index (χ1n) is 6.72. The van der Waals surface area contributed by atoms with Crippen LogP contribution in [-0.4, -0.2) is 23.7 Å². The Bertz CT molecular complexity index is 404. The van der Waals surface area contributed by atoms with E-state index in [-0.39, 0.29) is 11.1 Å². The molecule has 0 amide bonds. The molecule has 4 heteroatoms. The van der Waals surface area contributed by atoms with E-state index in [1.165, 1.54) is 9.88 Å². The lowest BCUT2D eigenvalue weighted by Crippen LogP contribution is -2.52. The quantitative estimate of drug-likeness (QED) is 0.914. The van der Waals surface area contributed by atoms with E-state index in [1.54, 1.807) is 0 Å². The summed E-state index contributed by atoms with van der Waals surface area (Å²) in [6.07, 6.45) is 2.00. The minimum absolute atomic E-state index is 0.000185.